The molecule has 6 aromatic rings. The van der Waals surface area contributed by atoms with E-state index in [1.54, 1.807) is 0 Å². The number of anilines is 3. The second-order valence-corrected chi connectivity index (χ2v) is 10.9. The topological polar surface area (TPSA) is 3.24 Å². The number of para-hydroxylation sites is 1. The van der Waals surface area contributed by atoms with Crippen molar-refractivity contribution in [2.45, 2.75) is 19.3 Å². The van der Waals surface area contributed by atoms with Gasteiger partial charge in [0.25, 0.3) is 0 Å². The molecule has 1 nitrogen and oxygen atoms in total. The number of benzene rings is 6. The molecule has 0 fully saturated rings. The molecule has 1 aliphatic carbocycles. The molecule has 0 N–H and O–H groups in total. The minimum Gasteiger partial charge on any atom is -0.310 e. The van der Waals surface area contributed by atoms with E-state index in [1.807, 2.05) is 48.5 Å². The van der Waals surface area contributed by atoms with Crippen LogP contribution in [0.25, 0.3) is 34.0 Å². The maximum Gasteiger partial charge on any atom is 0.0629 e. The number of nitrogens with zero attached hydrogens (tertiary/aromatic N) is 1. The van der Waals surface area contributed by atoms with Crippen molar-refractivity contribution in [3.05, 3.63) is 162 Å². The molecule has 0 spiro atoms. The van der Waals surface area contributed by atoms with E-state index in [1.165, 1.54) is 33.0 Å². The van der Waals surface area contributed by atoms with Gasteiger partial charge in [-0.2, -0.15) is 0 Å². The molecule has 7 rings (SSSR count). The van der Waals surface area contributed by atoms with Gasteiger partial charge in [-0.3, -0.25) is 0 Å². The molecule has 0 saturated carbocycles. The van der Waals surface area contributed by atoms with Crippen LogP contribution < -0.4 is 4.90 Å². The number of fused-ring (bicyclic) bond motifs is 4. The Morgan fingerprint density at radius 3 is 1.93 bits per heavy atom. The van der Waals surface area contributed by atoms with E-state index in [-0.39, 0.29) is 17.5 Å². The predicted molar refractivity (Wildman–Crippen MR) is 172 cm³/mol. The van der Waals surface area contributed by atoms with Crippen LogP contribution in [-0.2, 0) is 5.41 Å². The Labute approximate surface area is 239 Å². The first-order valence-corrected chi connectivity index (χ1v) is 13.8. The summed E-state index contributed by atoms with van der Waals surface area (Å²) in [4.78, 5) is 2.23. The quantitative estimate of drug-likeness (QED) is 0.206. The van der Waals surface area contributed by atoms with E-state index in [0.29, 0.717) is 0 Å². The summed E-state index contributed by atoms with van der Waals surface area (Å²) >= 11 is 0. The fourth-order valence-electron chi connectivity index (χ4n) is 5.96. The lowest BCUT2D eigenvalue weighted by Crippen LogP contribution is -2.14. The summed E-state index contributed by atoms with van der Waals surface area (Å²) in [6, 6.07) is 48.4. The molecule has 0 aliphatic heterocycles. The molecule has 0 bridgehead atoms. The SMILES string of the molecule is [2H]/C(=C(/[2H])c1ccc2c(c1)C(C)(C)c1ccccc1-2)c1ccc(N(c2ccccc2)c2ccc3ccccc3c2)cc1. The molecule has 0 atom stereocenters. The van der Waals surface area contributed by atoms with Gasteiger partial charge >= 0.3 is 0 Å². The molecular formula is C39H31N. The highest BCUT2D eigenvalue weighted by Gasteiger charge is 2.34. The Morgan fingerprint density at radius 1 is 0.500 bits per heavy atom. The van der Waals surface area contributed by atoms with Crippen molar-refractivity contribution < 1.29 is 2.74 Å². The van der Waals surface area contributed by atoms with Crippen molar-refractivity contribution in [1.82, 2.24) is 0 Å². The highest BCUT2D eigenvalue weighted by Crippen LogP contribution is 2.48. The van der Waals surface area contributed by atoms with E-state index < -0.39 is 0 Å². The first kappa shape index (κ1) is 22.0. The van der Waals surface area contributed by atoms with Crippen LogP contribution in [0.5, 0.6) is 0 Å². The summed E-state index contributed by atoms with van der Waals surface area (Å²) in [6.45, 7) is 4.48. The van der Waals surface area contributed by atoms with Crippen molar-refractivity contribution >= 4 is 39.9 Å². The van der Waals surface area contributed by atoms with E-state index in [9.17, 15) is 0 Å². The molecule has 0 saturated heterocycles. The highest BCUT2D eigenvalue weighted by molar-refractivity contribution is 5.89. The Balaban J connectivity index is 1.25. The van der Waals surface area contributed by atoms with E-state index >= 15 is 0 Å². The molecule has 192 valence electrons. The molecule has 40 heavy (non-hydrogen) atoms. The third kappa shape index (κ3) is 4.21. The van der Waals surface area contributed by atoms with Gasteiger partial charge in [0.05, 0.1) is 2.74 Å². The standard InChI is InChI=1S/C39H31N/c1-39(2)37-15-9-8-14-35(37)36-25-20-29(26-38(36)39)17-16-28-18-22-33(23-19-28)40(32-12-4-3-5-13-32)34-24-21-30-10-6-7-11-31(30)27-34/h3-27H,1-2H3/b17-16+/i16D,17D. The zero-order valence-electron chi connectivity index (χ0n) is 24.7. The van der Waals surface area contributed by atoms with Gasteiger partial charge in [-0.25, -0.2) is 0 Å². The average Bonchev–Trinajstić information content (AvgIpc) is 3.27. The lowest BCUT2D eigenvalue weighted by atomic mass is 9.82. The summed E-state index contributed by atoms with van der Waals surface area (Å²) in [6.07, 6.45) is 0. The molecule has 6 aromatic carbocycles. The normalized spacial score (nSPS) is 14.6. The molecule has 0 heterocycles. The highest BCUT2D eigenvalue weighted by atomic mass is 15.1. The summed E-state index contributed by atoms with van der Waals surface area (Å²) in [5.41, 5.74) is 9.47. The summed E-state index contributed by atoms with van der Waals surface area (Å²) in [5.74, 6) is 0. The fourth-order valence-corrected chi connectivity index (χ4v) is 5.96. The van der Waals surface area contributed by atoms with E-state index in [2.05, 4.69) is 110 Å². The van der Waals surface area contributed by atoms with Gasteiger partial charge in [0, 0.05) is 22.5 Å². The van der Waals surface area contributed by atoms with Crippen molar-refractivity contribution in [1.29, 1.82) is 0 Å². The lowest BCUT2D eigenvalue weighted by molar-refractivity contribution is 0.660. The van der Waals surface area contributed by atoms with Crippen LogP contribution in [0.4, 0.5) is 17.1 Å². The van der Waals surface area contributed by atoms with Gasteiger partial charge in [0.15, 0.2) is 0 Å². The summed E-state index contributed by atoms with van der Waals surface area (Å²) in [5, 5.41) is 2.39. The van der Waals surface area contributed by atoms with Gasteiger partial charge in [-0.15, -0.1) is 0 Å². The van der Waals surface area contributed by atoms with Gasteiger partial charge in [0.1, 0.15) is 0 Å². The van der Waals surface area contributed by atoms with Crippen LogP contribution in [0.1, 0.15) is 38.8 Å². The molecular weight excluding hydrogens is 482 g/mol. The molecule has 0 amide bonds. The van der Waals surface area contributed by atoms with Crippen molar-refractivity contribution in [3.8, 4) is 11.1 Å². The van der Waals surface area contributed by atoms with Crippen LogP contribution in [0.2, 0.25) is 0 Å². The van der Waals surface area contributed by atoms with Gasteiger partial charge in [-0.05, 0) is 80.6 Å². The van der Waals surface area contributed by atoms with Crippen LogP contribution in [0.3, 0.4) is 0 Å². The third-order valence-electron chi connectivity index (χ3n) is 8.07. The smallest absolute Gasteiger partial charge is 0.0629 e. The second kappa shape index (κ2) is 9.70. The summed E-state index contributed by atoms with van der Waals surface area (Å²) < 4.78 is 17.9. The number of hydrogen-bond donors (Lipinski definition) is 0. The largest absolute Gasteiger partial charge is 0.310 e. The Kier molecular flexibility index (Phi) is 5.33. The Bertz CT molecular complexity index is 1970. The second-order valence-electron chi connectivity index (χ2n) is 10.9. The molecule has 0 radical (unpaired) electrons. The first-order chi connectivity index (χ1) is 20.4. The van der Waals surface area contributed by atoms with Gasteiger partial charge in [0.2, 0.25) is 0 Å². The minimum absolute atomic E-state index is 0.143. The van der Waals surface area contributed by atoms with Crippen LogP contribution in [0.15, 0.2) is 140 Å². The lowest BCUT2D eigenvalue weighted by Gasteiger charge is -2.26. The fraction of sp³-hybridized carbons (Fsp3) is 0.0769. The number of rotatable bonds is 5. The maximum absolute atomic E-state index is 8.98. The third-order valence-corrected chi connectivity index (χ3v) is 8.07. The van der Waals surface area contributed by atoms with Crippen LogP contribution in [-0.4, -0.2) is 0 Å². The van der Waals surface area contributed by atoms with E-state index in [0.717, 1.165) is 28.2 Å². The number of hydrogen-bond acceptors (Lipinski definition) is 1. The maximum atomic E-state index is 8.98. The Morgan fingerprint density at radius 2 is 1.10 bits per heavy atom. The van der Waals surface area contributed by atoms with Crippen LogP contribution in [0, 0.1) is 0 Å². The van der Waals surface area contributed by atoms with E-state index in [4.69, 9.17) is 2.74 Å². The predicted octanol–water partition coefficient (Wildman–Crippen LogP) is 10.8. The first-order valence-electron chi connectivity index (χ1n) is 14.8. The molecule has 1 heteroatoms. The average molecular weight is 516 g/mol. The molecule has 0 aromatic heterocycles. The molecule has 1 aliphatic rings. The molecule has 0 unspecified atom stereocenters. The Hall–Kier alpha value is -4.88. The van der Waals surface area contributed by atoms with Crippen molar-refractivity contribution in [3.63, 3.8) is 0 Å². The van der Waals surface area contributed by atoms with Crippen molar-refractivity contribution in [2.75, 3.05) is 4.90 Å². The monoisotopic (exact) mass is 515 g/mol. The zero-order valence-corrected chi connectivity index (χ0v) is 22.7. The van der Waals surface area contributed by atoms with Crippen LogP contribution >= 0.6 is 0 Å². The summed E-state index contributed by atoms with van der Waals surface area (Å²) in [7, 11) is 0. The van der Waals surface area contributed by atoms with Crippen molar-refractivity contribution in [2.24, 2.45) is 0 Å². The van der Waals surface area contributed by atoms with Gasteiger partial charge in [-0.1, -0.05) is 129 Å². The van der Waals surface area contributed by atoms with Gasteiger partial charge < -0.3 is 4.90 Å². The zero-order chi connectivity index (χ0) is 28.8. The minimum atomic E-state index is -0.143.